The summed E-state index contributed by atoms with van der Waals surface area (Å²) in [5.41, 5.74) is 0.932. The zero-order valence-corrected chi connectivity index (χ0v) is 23.3. The Kier molecular flexibility index (Phi) is 7.22. The summed E-state index contributed by atoms with van der Waals surface area (Å²) in [6, 6.07) is 15.0. The van der Waals surface area contributed by atoms with Crippen molar-refractivity contribution in [3.05, 3.63) is 102 Å². The maximum atomic E-state index is 14.3. The maximum absolute atomic E-state index is 14.3. The SMILES string of the molecule is Cc1[nH]c(-c2cc(Oc3ccc4c(c3)nc(Nc3cc(C(F)(F)F)ccc3F)n4C)ccn2)nc1-c1ccc(C(F)(F)F)cc1. The molecule has 7 nitrogen and oxygen atoms in total. The quantitative estimate of drug-likeness (QED) is 0.180. The molecule has 0 aliphatic carbocycles. The van der Waals surface area contributed by atoms with Gasteiger partial charge in [-0.2, -0.15) is 26.3 Å². The van der Waals surface area contributed by atoms with Crippen molar-refractivity contribution < 1.29 is 35.5 Å². The lowest BCUT2D eigenvalue weighted by Crippen LogP contribution is -2.07. The summed E-state index contributed by atoms with van der Waals surface area (Å²) in [7, 11) is 1.63. The summed E-state index contributed by atoms with van der Waals surface area (Å²) in [6.07, 6.45) is -7.58. The Morgan fingerprint density at radius 3 is 2.20 bits per heavy atom. The molecule has 0 atom stereocenters. The number of H-pyrrole nitrogens is 1. The molecule has 3 aromatic carbocycles. The number of ether oxygens (including phenoxy) is 1. The number of alkyl halides is 6. The van der Waals surface area contributed by atoms with E-state index in [1.807, 2.05) is 0 Å². The van der Waals surface area contributed by atoms with Crippen molar-refractivity contribution in [2.75, 3.05) is 5.32 Å². The number of aromatic nitrogens is 5. The Labute approximate surface area is 250 Å². The maximum Gasteiger partial charge on any atom is 0.416 e. The molecule has 0 saturated heterocycles. The fraction of sp³-hybridized carbons (Fsp3) is 0.129. The number of anilines is 2. The molecule has 14 heteroatoms. The number of imidazole rings is 2. The standard InChI is InChI=1S/C31H21F7N6O/c1-16-27(17-3-5-18(6-4-17)30(33,34)35)43-28(40-16)25-15-21(11-12-39-25)45-20-8-10-26-24(14-20)42-29(44(26)2)41-23-13-19(31(36,37)38)7-9-22(23)32/h3-15H,1-2H3,(H,40,43)(H,41,42). The van der Waals surface area contributed by atoms with Crippen molar-refractivity contribution in [2.24, 2.45) is 7.05 Å². The molecule has 0 fully saturated rings. The van der Waals surface area contributed by atoms with Crippen molar-refractivity contribution in [3.63, 3.8) is 0 Å². The third-order valence-electron chi connectivity index (χ3n) is 6.97. The van der Waals surface area contributed by atoms with Crippen LogP contribution < -0.4 is 10.1 Å². The van der Waals surface area contributed by atoms with Gasteiger partial charge in [-0.15, -0.1) is 0 Å². The Hall–Kier alpha value is -5.40. The number of aromatic amines is 1. The van der Waals surface area contributed by atoms with E-state index in [1.54, 1.807) is 48.9 Å². The third kappa shape index (κ3) is 6.03. The molecule has 0 amide bonds. The zero-order valence-electron chi connectivity index (χ0n) is 23.3. The van der Waals surface area contributed by atoms with Crippen LogP contribution in [0.2, 0.25) is 0 Å². The van der Waals surface area contributed by atoms with Crippen LogP contribution in [0.3, 0.4) is 0 Å². The molecule has 0 aliphatic rings. The van der Waals surface area contributed by atoms with Crippen LogP contribution in [0.4, 0.5) is 42.4 Å². The van der Waals surface area contributed by atoms with E-state index in [4.69, 9.17) is 4.74 Å². The van der Waals surface area contributed by atoms with Gasteiger partial charge in [0.05, 0.1) is 33.5 Å². The van der Waals surface area contributed by atoms with E-state index in [9.17, 15) is 30.7 Å². The van der Waals surface area contributed by atoms with E-state index in [0.29, 0.717) is 63.1 Å². The van der Waals surface area contributed by atoms with E-state index in [0.717, 1.165) is 18.2 Å². The molecule has 0 aliphatic heterocycles. The van der Waals surface area contributed by atoms with Crippen molar-refractivity contribution in [2.45, 2.75) is 19.3 Å². The molecule has 0 bridgehead atoms. The number of benzene rings is 3. The zero-order chi connectivity index (χ0) is 32.1. The fourth-order valence-electron chi connectivity index (χ4n) is 4.69. The summed E-state index contributed by atoms with van der Waals surface area (Å²) >= 11 is 0. The van der Waals surface area contributed by atoms with Gasteiger partial charge in [0.25, 0.3) is 0 Å². The van der Waals surface area contributed by atoms with Crippen LogP contribution in [-0.2, 0) is 19.4 Å². The molecular formula is C31H21F7N6O. The number of fused-ring (bicyclic) bond motifs is 1. The summed E-state index contributed by atoms with van der Waals surface area (Å²) in [5.74, 6) is 0.403. The number of nitrogens with zero attached hydrogens (tertiary/aromatic N) is 4. The van der Waals surface area contributed by atoms with Gasteiger partial charge in [0.1, 0.15) is 23.0 Å². The van der Waals surface area contributed by atoms with Crippen molar-refractivity contribution in [1.82, 2.24) is 24.5 Å². The molecule has 0 radical (unpaired) electrons. The van der Waals surface area contributed by atoms with Crippen LogP contribution in [0, 0.1) is 12.7 Å². The molecule has 3 aromatic heterocycles. The summed E-state index contributed by atoms with van der Waals surface area (Å²) < 4.78 is 100. The topological polar surface area (TPSA) is 80.6 Å². The van der Waals surface area contributed by atoms with Crippen molar-refractivity contribution in [3.8, 4) is 34.3 Å². The first kappa shape index (κ1) is 29.7. The molecular weight excluding hydrogens is 605 g/mol. The first-order valence-electron chi connectivity index (χ1n) is 13.2. The molecule has 0 saturated carbocycles. The average Bonchev–Trinajstić information content (AvgIpc) is 3.52. The molecule has 230 valence electrons. The Bertz CT molecular complexity index is 2030. The normalized spacial score (nSPS) is 12.1. The van der Waals surface area contributed by atoms with E-state index < -0.39 is 29.3 Å². The highest BCUT2D eigenvalue weighted by Gasteiger charge is 2.32. The van der Waals surface area contributed by atoms with E-state index >= 15 is 0 Å². The van der Waals surface area contributed by atoms with Gasteiger partial charge in [0.2, 0.25) is 5.95 Å². The molecule has 45 heavy (non-hydrogen) atoms. The van der Waals surface area contributed by atoms with Crippen LogP contribution in [0.5, 0.6) is 11.5 Å². The van der Waals surface area contributed by atoms with Gasteiger partial charge < -0.3 is 19.6 Å². The van der Waals surface area contributed by atoms with E-state index in [2.05, 4.69) is 25.3 Å². The number of hydrogen-bond acceptors (Lipinski definition) is 5. The van der Waals surface area contributed by atoms with E-state index in [-0.39, 0.29) is 11.6 Å². The van der Waals surface area contributed by atoms with Crippen molar-refractivity contribution in [1.29, 1.82) is 0 Å². The highest BCUT2D eigenvalue weighted by molar-refractivity contribution is 5.81. The van der Waals surface area contributed by atoms with Gasteiger partial charge >= 0.3 is 12.4 Å². The second kappa shape index (κ2) is 10.9. The fourth-order valence-corrected chi connectivity index (χ4v) is 4.69. The van der Waals surface area contributed by atoms with Gasteiger partial charge in [-0.3, -0.25) is 4.98 Å². The Balaban J connectivity index is 1.23. The highest BCUT2D eigenvalue weighted by atomic mass is 19.4. The largest absolute Gasteiger partial charge is 0.457 e. The number of rotatable bonds is 6. The van der Waals surface area contributed by atoms with E-state index in [1.165, 1.54) is 18.3 Å². The van der Waals surface area contributed by atoms with Gasteiger partial charge in [0.15, 0.2) is 5.82 Å². The lowest BCUT2D eigenvalue weighted by molar-refractivity contribution is -0.138. The predicted octanol–water partition coefficient (Wildman–Crippen LogP) is 9.05. The molecule has 6 aromatic rings. The summed E-state index contributed by atoms with van der Waals surface area (Å²) in [6.45, 7) is 1.75. The van der Waals surface area contributed by atoms with Gasteiger partial charge in [-0.1, -0.05) is 12.1 Å². The van der Waals surface area contributed by atoms with Gasteiger partial charge in [-0.25, -0.2) is 14.4 Å². The molecule has 2 N–H and O–H groups in total. The van der Waals surface area contributed by atoms with Crippen LogP contribution in [0.25, 0.3) is 33.8 Å². The molecule has 0 spiro atoms. The smallest absolute Gasteiger partial charge is 0.416 e. The molecule has 0 unspecified atom stereocenters. The van der Waals surface area contributed by atoms with Gasteiger partial charge in [-0.05, 0) is 55.5 Å². The number of pyridine rings is 1. The predicted molar refractivity (Wildman–Crippen MR) is 152 cm³/mol. The van der Waals surface area contributed by atoms with Crippen LogP contribution >= 0.6 is 0 Å². The van der Waals surface area contributed by atoms with Crippen LogP contribution in [-0.4, -0.2) is 24.5 Å². The number of aryl methyl sites for hydroxylation is 2. The molecule has 6 rings (SSSR count). The Morgan fingerprint density at radius 2 is 1.49 bits per heavy atom. The highest BCUT2D eigenvalue weighted by Crippen LogP contribution is 2.35. The first-order valence-corrected chi connectivity index (χ1v) is 13.2. The van der Waals surface area contributed by atoms with Gasteiger partial charge in [0, 0.05) is 36.6 Å². The monoisotopic (exact) mass is 626 g/mol. The first-order chi connectivity index (χ1) is 21.3. The minimum atomic E-state index is -4.64. The minimum absolute atomic E-state index is 0.114. The van der Waals surface area contributed by atoms with Crippen LogP contribution in [0.1, 0.15) is 16.8 Å². The van der Waals surface area contributed by atoms with Crippen molar-refractivity contribution >= 4 is 22.7 Å². The average molecular weight is 627 g/mol. The number of nitrogens with one attached hydrogen (secondary N) is 2. The Morgan fingerprint density at radius 1 is 0.800 bits per heavy atom. The minimum Gasteiger partial charge on any atom is -0.457 e. The lowest BCUT2D eigenvalue weighted by Gasteiger charge is -2.11. The third-order valence-corrected chi connectivity index (χ3v) is 6.97. The second-order valence-electron chi connectivity index (χ2n) is 10.1. The summed E-state index contributed by atoms with van der Waals surface area (Å²) in [5, 5.41) is 2.63. The molecule has 3 heterocycles. The number of hydrogen-bond donors (Lipinski definition) is 2. The summed E-state index contributed by atoms with van der Waals surface area (Å²) in [4.78, 5) is 16.4. The lowest BCUT2D eigenvalue weighted by atomic mass is 10.1. The number of halogens is 7. The second-order valence-corrected chi connectivity index (χ2v) is 10.1. The van der Waals surface area contributed by atoms with Crippen LogP contribution in [0.15, 0.2) is 79.0 Å².